The summed E-state index contributed by atoms with van der Waals surface area (Å²) in [4.78, 5) is 39.3. The summed E-state index contributed by atoms with van der Waals surface area (Å²) < 4.78 is 5.64. The third kappa shape index (κ3) is 4.04. The molecule has 2 amide bonds. The fourth-order valence-electron chi connectivity index (χ4n) is 5.48. The van der Waals surface area contributed by atoms with Crippen molar-refractivity contribution in [2.75, 3.05) is 13.2 Å². The highest BCUT2D eigenvalue weighted by Gasteiger charge is 2.55. The van der Waals surface area contributed by atoms with Crippen molar-refractivity contribution in [1.82, 2.24) is 10.2 Å². The molecule has 0 bridgehead atoms. The zero-order valence-corrected chi connectivity index (χ0v) is 20.1. The monoisotopic (exact) mass is 464 g/mol. The maximum atomic E-state index is 13.4. The zero-order valence-electron chi connectivity index (χ0n) is 20.1. The largest absolute Gasteiger partial charge is 0.480 e. The van der Waals surface area contributed by atoms with Gasteiger partial charge in [0.05, 0.1) is 0 Å². The van der Waals surface area contributed by atoms with E-state index in [0.29, 0.717) is 19.4 Å². The second-order valence-corrected chi connectivity index (χ2v) is 10.2. The van der Waals surface area contributed by atoms with Crippen molar-refractivity contribution < 1.29 is 24.2 Å². The summed E-state index contributed by atoms with van der Waals surface area (Å²) in [7, 11) is 0. The number of carbonyl (C=O) groups excluding carboxylic acids is 2. The van der Waals surface area contributed by atoms with E-state index in [0.717, 1.165) is 22.3 Å². The van der Waals surface area contributed by atoms with Crippen LogP contribution in [0.25, 0.3) is 11.1 Å². The summed E-state index contributed by atoms with van der Waals surface area (Å²) in [6.45, 7) is 7.68. The lowest BCUT2D eigenvalue weighted by Crippen LogP contribution is -2.72. The molecule has 1 fully saturated rings. The smallest absolute Gasteiger partial charge is 0.408 e. The van der Waals surface area contributed by atoms with Gasteiger partial charge in [0.15, 0.2) is 0 Å². The van der Waals surface area contributed by atoms with Gasteiger partial charge in [0.25, 0.3) is 0 Å². The van der Waals surface area contributed by atoms with E-state index in [4.69, 9.17) is 4.74 Å². The van der Waals surface area contributed by atoms with Gasteiger partial charge in [0.2, 0.25) is 5.91 Å². The Bertz CT molecular complexity index is 1080. The summed E-state index contributed by atoms with van der Waals surface area (Å²) in [5, 5.41) is 12.4. The molecule has 0 aromatic heterocycles. The lowest BCUT2D eigenvalue weighted by Gasteiger charge is -2.53. The predicted octanol–water partition coefficient (Wildman–Crippen LogP) is 4.41. The average molecular weight is 465 g/mol. The number of hydrogen-bond acceptors (Lipinski definition) is 4. The molecule has 1 heterocycles. The molecule has 180 valence electrons. The zero-order chi connectivity index (χ0) is 24.7. The summed E-state index contributed by atoms with van der Waals surface area (Å²) >= 11 is 0. The molecule has 0 spiro atoms. The Labute approximate surface area is 200 Å². The number of carboxylic acid groups (broad SMARTS) is 1. The van der Waals surface area contributed by atoms with Crippen molar-refractivity contribution in [2.45, 2.75) is 58.0 Å². The number of benzene rings is 2. The molecule has 0 radical (unpaired) electrons. The second-order valence-electron chi connectivity index (χ2n) is 10.2. The third-order valence-electron chi connectivity index (χ3n) is 7.07. The second kappa shape index (κ2) is 8.78. The standard InChI is InChI=1S/C27H32N2O5/c1-5-14-27(4,24(32)29-16-26(2,3)22(29)23(30)31)28-25(33)34-15-21-19-12-8-6-10-17(19)18-11-7-9-13-20(18)21/h6-13,21-22H,5,14-16H2,1-4H3,(H,28,33)(H,30,31). The molecule has 2 N–H and O–H groups in total. The van der Waals surface area contributed by atoms with Crippen LogP contribution in [0.1, 0.15) is 57.6 Å². The first-order valence-corrected chi connectivity index (χ1v) is 11.8. The molecule has 1 aliphatic heterocycles. The van der Waals surface area contributed by atoms with E-state index in [2.05, 4.69) is 17.4 Å². The Morgan fingerprint density at radius 1 is 1.09 bits per heavy atom. The first-order valence-electron chi connectivity index (χ1n) is 11.8. The topological polar surface area (TPSA) is 95.9 Å². The highest BCUT2D eigenvalue weighted by Crippen LogP contribution is 2.44. The van der Waals surface area contributed by atoms with Crippen LogP contribution in [-0.4, -0.2) is 52.7 Å². The van der Waals surface area contributed by atoms with Crippen LogP contribution in [0.4, 0.5) is 4.79 Å². The summed E-state index contributed by atoms with van der Waals surface area (Å²) in [6.07, 6.45) is 0.331. The van der Waals surface area contributed by atoms with E-state index < -0.39 is 35.0 Å². The minimum Gasteiger partial charge on any atom is -0.480 e. The molecule has 7 heteroatoms. The van der Waals surface area contributed by atoms with Crippen LogP contribution in [0.3, 0.4) is 0 Å². The fourth-order valence-corrected chi connectivity index (χ4v) is 5.48. The van der Waals surface area contributed by atoms with Gasteiger partial charge in [-0.05, 0) is 35.6 Å². The fraction of sp³-hybridized carbons (Fsp3) is 0.444. The highest BCUT2D eigenvalue weighted by molar-refractivity contribution is 5.94. The molecule has 2 aromatic rings. The van der Waals surface area contributed by atoms with Gasteiger partial charge in [-0.1, -0.05) is 75.7 Å². The van der Waals surface area contributed by atoms with E-state index in [1.165, 1.54) is 4.90 Å². The molecular formula is C27H32N2O5. The van der Waals surface area contributed by atoms with Crippen molar-refractivity contribution in [3.63, 3.8) is 0 Å². The van der Waals surface area contributed by atoms with Crippen LogP contribution < -0.4 is 5.32 Å². The maximum Gasteiger partial charge on any atom is 0.408 e. The number of rotatable bonds is 7. The van der Waals surface area contributed by atoms with Crippen LogP contribution in [0, 0.1) is 5.41 Å². The molecule has 1 aliphatic carbocycles. The number of nitrogens with one attached hydrogen (secondary N) is 1. The number of hydrogen-bond donors (Lipinski definition) is 2. The number of carbonyl (C=O) groups is 3. The van der Waals surface area contributed by atoms with Crippen molar-refractivity contribution in [3.05, 3.63) is 59.7 Å². The molecule has 34 heavy (non-hydrogen) atoms. The summed E-state index contributed by atoms with van der Waals surface area (Å²) in [6, 6.07) is 15.2. The molecule has 4 rings (SSSR count). The maximum absolute atomic E-state index is 13.4. The first kappa shape index (κ1) is 23.8. The quantitative estimate of drug-likeness (QED) is 0.633. The van der Waals surface area contributed by atoms with Gasteiger partial charge in [-0.3, -0.25) is 4.79 Å². The minimum atomic E-state index is -1.25. The van der Waals surface area contributed by atoms with Gasteiger partial charge in [-0.15, -0.1) is 0 Å². The minimum absolute atomic E-state index is 0.0844. The highest BCUT2D eigenvalue weighted by atomic mass is 16.5. The number of aliphatic carboxylic acids is 1. The van der Waals surface area contributed by atoms with Crippen molar-refractivity contribution in [3.8, 4) is 11.1 Å². The Kier molecular flexibility index (Phi) is 6.14. The molecule has 0 saturated carbocycles. The number of ether oxygens (including phenoxy) is 1. The van der Waals surface area contributed by atoms with Crippen LogP contribution in [0.2, 0.25) is 0 Å². The number of nitrogens with zero attached hydrogens (tertiary/aromatic N) is 1. The number of likely N-dealkylation sites (tertiary alicyclic amines) is 1. The summed E-state index contributed by atoms with van der Waals surface area (Å²) in [5.41, 5.74) is 2.73. The van der Waals surface area contributed by atoms with Gasteiger partial charge in [-0.25, -0.2) is 9.59 Å². The summed E-state index contributed by atoms with van der Waals surface area (Å²) in [5.74, 6) is -1.52. The lowest BCUT2D eigenvalue weighted by atomic mass is 9.73. The Morgan fingerprint density at radius 2 is 1.65 bits per heavy atom. The van der Waals surface area contributed by atoms with Crippen LogP contribution in [0.5, 0.6) is 0 Å². The van der Waals surface area contributed by atoms with Gasteiger partial charge >= 0.3 is 12.1 Å². The third-order valence-corrected chi connectivity index (χ3v) is 7.07. The number of fused-ring (bicyclic) bond motifs is 3. The van der Waals surface area contributed by atoms with Crippen LogP contribution >= 0.6 is 0 Å². The molecule has 2 aromatic carbocycles. The van der Waals surface area contributed by atoms with E-state index in [9.17, 15) is 19.5 Å². The first-order chi connectivity index (χ1) is 16.1. The van der Waals surface area contributed by atoms with Gasteiger partial charge in [0.1, 0.15) is 18.2 Å². The average Bonchev–Trinajstić information content (AvgIpc) is 3.09. The normalized spacial score (nSPS) is 19.9. The van der Waals surface area contributed by atoms with Crippen LogP contribution in [0.15, 0.2) is 48.5 Å². The molecule has 1 saturated heterocycles. The van der Waals surface area contributed by atoms with Gasteiger partial charge < -0.3 is 20.1 Å². The van der Waals surface area contributed by atoms with Crippen molar-refractivity contribution in [1.29, 1.82) is 0 Å². The van der Waals surface area contributed by atoms with E-state index >= 15 is 0 Å². The number of carboxylic acids is 1. The van der Waals surface area contributed by atoms with E-state index in [1.807, 2.05) is 57.2 Å². The molecule has 7 nitrogen and oxygen atoms in total. The molecular weight excluding hydrogens is 432 g/mol. The Balaban J connectivity index is 1.47. The Hall–Kier alpha value is -3.35. The predicted molar refractivity (Wildman–Crippen MR) is 128 cm³/mol. The number of alkyl carbamates (subject to hydrolysis) is 1. The van der Waals surface area contributed by atoms with Crippen molar-refractivity contribution >= 4 is 18.0 Å². The SMILES string of the molecule is CCCC(C)(NC(=O)OCC1c2ccccc2-c2ccccc21)C(=O)N1CC(C)(C)C1C(=O)O. The van der Waals surface area contributed by atoms with Gasteiger partial charge in [0, 0.05) is 17.9 Å². The van der Waals surface area contributed by atoms with Gasteiger partial charge in [-0.2, -0.15) is 0 Å². The van der Waals surface area contributed by atoms with Crippen LogP contribution in [-0.2, 0) is 14.3 Å². The Morgan fingerprint density at radius 3 is 2.15 bits per heavy atom. The van der Waals surface area contributed by atoms with Crippen molar-refractivity contribution in [2.24, 2.45) is 5.41 Å². The molecule has 2 aliphatic rings. The number of amides is 2. The van der Waals surface area contributed by atoms with E-state index in [1.54, 1.807) is 6.92 Å². The molecule has 2 atom stereocenters. The molecule has 2 unspecified atom stereocenters. The van der Waals surface area contributed by atoms with E-state index in [-0.39, 0.29) is 12.5 Å². The lowest BCUT2D eigenvalue weighted by molar-refractivity contribution is -0.175.